The van der Waals surface area contributed by atoms with Gasteiger partial charge < -0.3 is 0 Å². The summed E-state index contributed by atoms with van der Waals surface area (Å²) in [5.41, 5.74) is 5.85. The van der Waals surface area contributed by atoms with Crippen molar-refractivity contribution in [1.29, 1.82) is 0 Å². The average Bonchev–Trinajstić information content (AvgIpc) is 3.17. The van der Waals surface area contributed by atoms with Gasteiger partial charge in [0, 0.05) is 21.9 Å². The van der Waals surface area contributed by atoms with E-state index >= 15 is 0 Å². The van der Waals surface area contributed by atoms with E-state index in [1.165, 1.54) is 10.8 Å². The van der Waals surface area contributed by atoms with Gasteiger partial charge in [-0.2, -0.15) is 11.3 Å². The minimum absolute atomic E-state index is 0.678. The summed E-state index contributed by atoms with van der Waals surface area (Å²) in [6.07, 6.45) is 1.71. The molecule has 0 spiro atoms. The van der Waals surface area contributed by atoms with Gasteiger partial charge in [0.15, 0.2) is 0 Å². The summed E-state index contributed by atoms with van der Waals surface area (Å²) in [6, 6.07) is 19.5. The molecule has 0 saturated carbocycles. The van der Waals surface area contributed by atoms with Gasteiger partial charge >= 0.3 is 0 Å². The van der Waals surface area contributed by atoms with E-state index in [0.29, 0.717) is 11.1 Å². The van der Waals surface area contributed by atoms with Crippen LogP contribution in [0.15, 0.2) is 71.4 Å². The van der Waals surface area contributed by atoms with Crippen molar-refractivity contribution < 1.29 is 9.59 Å². The molecule has 0 aliphatic heterocycles. The van der Waals surface area contributed by atoms with Gasteiger partial charge in [0.05, 0.1) is 0 Å². The molecule has 0 atom stereocenters. The van der Waals surface area contributed by atoms with Gasteiger partial charge in [-0.05, 0) is 33.0 Å². The third-order valence-corrected chi connectivity index (χ3v) is 5.12. The number of aldehydes is 2. The summed E-state index contributed by atoms with van der Waals surface area (Å²) < 4.78 is 0. The molecule has 0 fully saturated rings. The topological polar surface area (TPSA) is 34.1 Å². The molecule has 0 N–H and O–H groups in total. The standard InChI is InChI=1S/C22H14O2S/c23-11-15-1-5-17(6-2-15)19-9-10-20(22-14-25-13-21(19)22)18-7-3-16(12-24)4-8-18/h1-14H. The molecule has 2 nitrogen and oxygen atoms in total. The summed E-state index contributed by atoms with van der Waals surface area (Å²) in [5.74, 6) is 0. The van der Waals surface area contributed by atoms with E-state index in [-0.39, 0.29) is 0 Å². The highest BCUT2D eigenvalue weighted by atomic mass is 32.1. The minimum Gasteiger partial charge on any atom is -0.298 e. The molecule has 0 aliphatic rings. The maximum atomic E-state index is 10.9. The third-order valence-electron chi connectivity index (χ3n) is 4.37. The minimum atomic E-state index is 0.678. The molecule has 0 saturated heterocycles. The molecule has 0 amide bonds. The molecular weight excluding hydrogens is 328 g/mol. The highest BCUT2D eigenvalue weighted by molar-refractivity contribution is 7.09. The maximum Gasteiger partial charge on any atom is 0.150 e. The van der Waals surface area contributed by atoms with Crippen molar-refractivity contribution in [1.82, 2.24) is 0 Å². The largest absolute Gasteiger partial charge is 0.298 e. The highest BCUT2D eigenvalue weighted by Crippen LogP contribution is 2.37. The van der Waals surface area contributed by atoms with E-state index in [0.717, 1.165) is 34.8 Å². The normalized spacial score (nSPS) is 10.7. The Labute approximate surface area is 149 Å². The lowest BCUT2D eigenvalue weighted by Gasteiger charge is -2.09. The molecule has 1 aromatic heterocycles. The van der Waals surface area contributed by atoms with Gasteiger partial charge in [-0.1, -0.05) is 60.7 Å². The van der Waals surface area contributed by atoms with Crippen LogP contribution in [0.2, 0.25) is 0 Å². The number of hydrogen-bond donors (Lipinski definition) is 0. The fraction of sp³-hybridized carbons (Fsp3) is 0. The second kappa shape index (κ2) is 6.46. The summed E-state index contributed by atoms with van der Waals surface area (Å²) >= 11 is 1.67. The van der Waals surface area contributed by atoms with Crippen molar-refractivity contribution in [3.05, 3.63) is 82.6 Å². The zero-order valence-corrected chi connectivity index (χ0v) is 14.1. The Bertz CT molecular complexity index is 972. The van der Waals surface area contributed by atoms with E-state index in [4.69, 9.17) is 0 Å². The SMILES string of the molecule is O=Cc1ccc(-c2ccc(-c3ccc(C=O)cc3)c3cscc23)cc1. The molecule has 25 heavy (non-hydrogen) atoms. The first-order valence-corrected chi connectivity index (χ1v) is 8.84. The molecule has 3 aromatic carbocycles. The molecule has 3 heteroatoms. The zero-order valence-electron chi connectivity index (χ0n) is 13.3. The lowest BCUT2D eigenvalue weighted by Crippen LogP contribution is -1.85. The summed E-state index contributed by atoms with van der Waals surface area (Å²) in [6.45, 7) is 0. The van der Waals surface area contributed by atoms with Crippen molar-refractivity contribution in [2.24, 2.45) is 0 Å². The number of thiophene rings is 1. The number of carbonyl (C=O) groups excluding carboxylic acids is 2. The molecule has 0 bridgehead atoms. The Morgan fingerprint density at radius 2 is 0.960 bits per heavy atom. The van der Waals surface area contributed by atoms with Gasteiger partial charge in [-0.25, -0.2) is 0 Å². The maximum absolute atomic E-state index is 10.9. The first-order chi connectivity index (χ1) is 12.3. The molecular formula is C22H14O2S. The first kappa shape index (κ1) is 15.5. The molecule has 1 heterocycles. The highest BCUT2D eigenvalue weighted by Gasteiger charge is 2.10. The van der Waals surface area contributed by atoms with Crippen LogP contribution in [0, 0.1) is 0 Å². The van der Waals surface area contributed by atoms with Crippen molar-refractivity contribution >= 4 is 34.7 Å². The van der Waals surface area contributed by atoms with Crippen LogP contribution in [0.3, 0.4) is 0 Å². The number of benzene rings is 3. The molecule has 0 aliphatic carbocycles. The first-order valence-electron chi connectivity index (χ1n) is 7.90. The predicted molar refractivity (Wildman–Crippen MR) is 103 cm³/mol. The van der Waals surface area contributed by atoms with Crippen LogP contribution in [0.5, 0.6) is 0 Å². The molecule has 4 rings (SSSR count). The molecule has 4 aromatic rings. The van der Waals surface area contributed by atoms with E-state index in [1.54, 1.807) is 11.3 Å². The number of fused-ring (bicyclic) bond motifs is 1. The van der Waals surface area contributed by atoms with E-state index in [2.05, 4.69) is 22.9 Å². The van der Waals surface area contributed by atoms with Crippen LogP contribution in [-0.4, -0.2) is 12.6 Å². The third kappa shape index (κ3) is 2.79. The lowest BCUT2D eigenvalue weighted by molar-refractivity contribution is 0.111. The van der Waals surface area contributed by atoms with Gasteiger partial charge in [0.2, 0.25) is 0 Å². The van der Waals surface area contributed by atoms with Crippen LogP contribution < -0.4 is 0 Å². The zero-order chi connectivity index (χ0) is 17.2. The second-order valence-corrected chi connectivity index (χ2v) is 6.58. The Balaban J connectivity index is 1.85. The van der Waals surface area contributed by atoms with E-state index in [1.807, 2.05) is 48.5 Å². The van der Waals surface area contributed by atoms with E-state index in [9.17, 15) is 9.59 Å². The monoisotopic (exact) mass is 342 g/mol. The molecule has 0 radical (unpaired) electrons. The Morgan fingerprint density at radius 3 is 1.32 bits per heavy atom. The predicted octanol–water partition coefficient (Wildman–Crippen LogP) is 5.86. The number of rotatable bonds is 4. The number of carbonyl (C=O) groups is 2. The van der Waals surface area contributed by atoms with Gasteiger partial charge in [-0.3, -0.25) is 9.59 Å². The number of hydrogen-bond acceptors (Lipinski definition) is 3. The van der Waals surface area contributed by atoms with Crippen LogP contribution in [0.1, 0.15) is 20.7 Å². The summed E-state index contributed by atoms with van der Waals surface area (Å²) in [5, 5.41) is 6.70. The summed E-state index contributed by atoms with van der Waals surface area (Å²) in [4.78, 5) is 21.7. The Morgan fingerprint density at radius 1 is 0.560 bits per heavy atom. The van der Waals surface area contributed by atoms with Gasteiger partial charge in [0.25, 0.3) is 0 Å². The molecule has 0 unspecified atom stereocenters. The van der Waals surface area contributed by atoms with Gasteiger partial charge in [0.1, 0.15) is 12.6 Å². The van der Waals surface area contributed by atoms with Crippen molar-refractivity contribution in [2.75, 3.05) is 0 Å². The van der Waals surface area contributed by atoms with Crippen LogP contribution in [0.4, 0.5) is 0 Å². The van der Waals surface area contributed by atoms with Crippen molar-refractivity contribution in [3.63, 3.8) is 0 Å². The average molecular weight is 342 g/mol. The smallest absolute Gasteiger partial charge is 0.150 e. The van der Waals surface area contributed by atoms with Gasteiger partial charge in [-0.15, -0.1) is 0 Å². The molecule has 120 valence electrons. The lowest BCUT2D eigenvalue weighted by atomic mass is 9.94. The Hall–Kier alpha value is -3.04. The van der Waals surface area contributed by atoms with Crippen molar-refractivity contribution in [2.45, 2.75) is 0 Å². The van der Waals surface area contributed by atoms with E-state index < -0.39 is 0 Å². The fourth-order valence-electron chi connectivity index (χ4n) is 3.05. The van der Waals surface area contributed by atoms with Crippen molar-refractivity contribution in [3.8, 4) is 22.3 Å². The van der Waals surface area contributed by atoms with Crippen LogP contribution in [-0.2, 0) is 0 Å². The van der Waals surface area contributed by atoms with Crippen LogP contribution >= 0.6 is 11.3 Å². The van der Waals surface area contributed by atoms with Crippen LogP contribution in [0.25, 0.3) is 33.0 Å². The Kier molecular flexibility index (Phi) is 4.00. The second-order valence-electron chi connectivity index (χ2n) is 5.84. The summed E-state index contributed by atoms with van der Waals surface area (Å²) in [7, 11) is 0. The quantitative estimate of drug-likeness (QED) is 0.435. The fourth-order valence-corrected chi connectivity index (χ4v) is 3.89.